The van der Waals surface area contributed by atoms with Crippen molar-refractivity contribution in [3.8, 4) is 5.69 Å². The molecule has 0 saturated carbocycles. The van der Waals surface area contributed by atoms with E-state index in [1.165, 1.54) is 0 Å². The van der Waals surface area contributed by atoms with Gasteiger partial charge >= 0.3 is 0 Å². The average molecular weight is 604 g/mol. The summed E-state index contributed by atoms with van der Waals surface area (Å²) in [6.45, 7) is 4.73. The number of halogens is 2. The van der Waals surface area contributed by atoms with Gasteiger partial charge in [0.05, 0.1) is 34.4 Å². The third kappa shape index (κ3) is 4.97. The van der Waals surface area contributed by atoms with Crippen LogP contribution in [-0.2, 0) is 23.9 Å². The van der Waals surface area contributed by atoms with E-state index in [9.17, 15) is 9.90 Å². The fraction of sp³-hybridized carbons (Fsp3) is 0.312. The summed E-state index contributed by atoms with van der Waals surface area (Å²) < 4.78 is 3.66. The number of piperidine rings is 1. The van der Waals surface area contributed by atoms with Gasteiger partial charge in [-0.3, -0.25) is 4.79 Å². The lowest BCUT2D eigenvalue weighted by molar-refractivity contribution is -0.131. The molecule has 1 amide bonds. The number of benzene rings is 2. The van der Waals surface area contributed by atoms with E-state index in [1.54, 1.807) is 30.3 Å². The highest BCUT2D eigenvalue weighted by Gasteiger charge is 2.44. The summed E-state index contributed by atoms with van der Waals surface area (Å²) >= 11 is 13.9. The van der Waals surface area contributed by atoms with Gasteiger partial charge in [-0.2, -0.15) is 5.10 Å². The summed E-state index contributed by atoms with van der Waals surface area (Å²) in [5, 5.41) is 18.6. The molecular weight excluding hydrogens is 571 g/mol. The maximum atomic E-state index is 12.7. The van der Waals surface area contributed by atoms with E-state index in [-0.39, 0.29) is 11.8 Å². The molecule has 4 heterocycles. The number of amides is 1. The summed E-state index contributed by atoms with van der Waals surface area (Å²) in [6.07, 6.45) is 8.87. The Morgan fingerprint density at radius 1 is 1.14 bits per heavy atom. The number of hydrogen-bond acceptors (Lipinski definition) is 5. The van der Waals surface area contributed by atoms with Crippen LogP contribution in [-0.4, -0.2) is 53.3 Å². The van der Waals surface area contributed by atoms with Gasteiger partial charge in [-0.05, 0) is 60.7 Å². The summed E-state index contributed by atoms with van der Waals surface area (Å²) in [6, 6.07) is 13.9. The lowest BCUT2D eigenvalue weighted by Gasteiger charge is -2.42. The maximum absolute atomic E-state index is 12.7. The Balaban J connectivity index is 1.42. The number of imidazole rings is 1. The van der Waals surface area contributed by atoms with Gasteiger partial charge in [0, 0.05) is 62.7 Å². The summed E-state index contributed by atoms with van der Waals surface area (Å²) in [5.41, 5.74) is 4.35. The van der Waals surface area contributed by atoms with Crippen LogP contribution < -0.4 is 0 Å². The van der Waals surface area contributed by atoms with Crippen molar-refractivity contribution in [2.75, 3.05) is 13.1 Å². The van der Waals surface area contributed by atoms with Crippen LogP contribution in [0.15, 0.2) is 67.4 Å². The molecule has 1 aliphatic rings. The highest BCUT2D eigenvalue weighted by atomic mass is 35.5. The molecule has 1 atom stereocenters. The van der Waals surface area contributed by atoms with Crippen LogP contribution in [0.4, 0.5) is 0 Å². The van der Waals surface area contributed by atoms with Crippen molar-refractivity contribution in [2.24, 2.45) is 13.0 Å². The van der Waals surface area contributed by atoms with Crippen molar-refractivity contribution >= 4 is 40.0 Å². The Morgan fingerprint density at radius 2 is 1.88 bits per heavy atom. The third-order valence-electron chi connectivity index (χ3n) is 8.53. The molecule has 2 aromatic carbocycles. The van der Waals surface area contributed by atoms with E-state index in [0.717, 1.165) is 33.3 Å². The first-order valence-corrected chi connectivity index (χ1v) is 14.7. The number of fused-ring (bicyclic) bond motifs is 1. The molecule has 10 heteroatoms. The minimum Gasteiger partial charge on any atom is -0.378 e. The number of carbonyl (C=O) groups excluding carboxylic acids is 1. The molecule has 0 bridgehead atoms. The van der Waals surface area contributed by atoms with Gasteiger partial charge in [0.2, 0.25) is 5.91 Å². The molecule has 1 fully saturated rings. The van der Waals surface area contributed by atoms with Crippen LogP contribution in [0.5, 0.6) is 0 Å². The van der Waals surface area contributed by atoms with E-state index in [0.29, 0.717) is 53.7 Å². The van der Waals surface area contributed by atoms with Crippen molar-refractivity contribution in [1.82, 2.24) is 29.2 Å². The molecule has 1 aliphatic heterocycles. The fourth-order valence-electron chi connectivity index (χ4n) is 6.21. The second-order valence-corrected chi connectivity index (χ2v) is 11.9. The molecule has 8 nitrogen and oxygen atoms in total. The second kappa shape index (κ2) is 11.2. The second-order valence-electron chi connectivity index (χ2n) is 11.1. The zero-order valence-corrected chi connectivity index (χ0v) is 25.3. The van der Waals surface area contributed by atoms with E-state index < -0.39 is 5.60 Å². The molecule has 216 valence electrons. The molecular formula is C32H32Cl2N6O2. The van der Waals surface area contributed by atoms with Crippen LogP contribution >= 0.6 is 23.2 Å². The molecule has 1 unspecified atom stereocenters. The predicted molar refractivity (Wildman–Crippen MR) is 164 cm³/mol. The summed E-state index contributed by atoms with van der Waals surface area (Å²) in [7, 11) is 1.88. The smallest absolute Gasteiger partial charge is 0.219 e. The monoisotopic (exact) mass is 602 g/mol. The Labute approximate surface area is 254 Å². The van der Waals surface area contributed by atoms with Crippen LogP contribution in [0.2, 0.25) is 10.2 Å². The van der Waals surface area contributed by atoms with Crippen LogP contribution in [0.25, 0.3) is 16.6 Å². The van der Waals surface area contributed by atoms with Gasteiger partial charge in [-0.15, -0.1) is 0 Å². The normalized spacial score (nSPS) is 15.7. The number of aryl methyl sites for hydroxylation is 2. The first-order valence-electron chi connectivity index (χ1n) is 14.0. The highest BCUT2D eigenvalue weighted by Crippen LogP contribution is 2.44. The minimum absolute atomic E-state index is 0.0531. The molecule has 6 rings (SSSR count). The van der Waals surface area contributed by atoms with E-state index in [2.05, 4.69) is 10.1 Å². The first-order chi connectivity index (χ1) is 20.2. The van der Waals surface area contributed by atoms with Gasteiger partial charge < -0.3 is 14.6 Å². The molecule has 1 N–H and O–H groups in total. The first kappa shape index (κ1) is 28.4. The number of aromatic nitrogens is 5. The average Bonchev–Trinajstić information content (AvgIpc) is 3.68. The van der Waals surface area contributed by atoms with Crippen molar-refractivity contribution in [3.63, 3.8) is 0 Å². The summed E-state index contributed by atoms with van der Waals surface area (Å²) in [4.78, 5) is 22.9. The van der Waals surface area contributed by atoms with Crippen molar-refractivity contribution < 1.29 is 9.90 Å². The number of likely N-dealkylation sites (tertiary alicyclic amines) is 1. The molecule has 3 aromatic heterocycles. The standard InChI is InChI=1S/C32H32Cl2N6O2/c1-20-15-24(32(42,28-18-35-19-38(28)3)23-9-13-39(14-10-23)21(2)41)17-26-29(33)27(31(34)37-30(20)26)16-22-5-7-25(8-6-22)40-12-4-11-36-40/h4-8,11-12,15,17-19,23,42H,9-10,13-14,16H2,1-3H3. The van der Waals surface area contributed by atoms with E-state index >= 15 is 0 Å². The molecule has 0 radical (unpaired) electrons. The highest BCUT2D eigenvalue weighted by molar-refractivity contribution is 6.39. The Kier molecular flexibility index (Phi) is 7.55. The maximum Gasteiger partial charge on any atom is 0.219 e. The largest absolute Gasteiger partial charge is 0.378 e. The Bertz CT molecular complexity index is 1760. The fourth-order valence-corrected chi connectivity index (χ4v) is 6.80. The van der Waals surface area contributed by atoms with Crippen molar-refractivity contribution in [3.05, 3.63) is 106 Å². The van der Waals surface area contributed by atoms with E-state index in [4.69, 9.17) is 28.2 Å². The molecule has 5 aromatic rings. The topological polar surface area (TPSA) is 89.1 Å². The minimum atomic E-state index is -1.35. The number of pyridine rings is 1. The lowest BCUT2D eigenvalue weighted by Crippen LogP contribution is -2.46. The van der Waals surface area contributed by atoms with Crippen LogP contribution in [0.3, 0.4) is 0 Å². The van der Waals surface area contributed by atoms with Gasteiger partial charge in [0.15, 0.2) is 0 Å². The molecule has 0 spiro atoms. The number of rotatable bonds is 6. The van der Waals surface area contributed by atoms with Crippen molar-refractivity contribution in [1.29, 1.82) is 0 Å². The number of carbonyl (C=O) groups is 1. The lowest BCUT2D eigenvalue weighted by atomic mass is 9.73. The van der Waals surface area contributed by atoms with Gasteiger partial charge in [0.25, 0.3) is 0 Å². The van der Waals surface area contributed by atoms with Gasteiger partial charge in [-0.25, -0.2) is 14.6 Å². The molecule has 42 heavy (non-hydrogen) atoms. The third-order valence-corrected chi connectivity index (χ3v) is 9.27. The Hall–Kier alpha value is -3.72. The van der Waals surface area contributed by atoms with Gasteiger partial charge in [0.1, 0.15) is 10.8 Å². The SMILES string of the molecule is CC(=O)N1CCC(C(O)(c2cc(C)c3nc(Cl)c(Cc4ccc(-n5cccn5)cc4)c(Cl)c3c2)c2cncn2C)CC1. The van der Waals surface area contributed by atoms with Crippen LogP contribution in [0, 0.1) is 12.8 Å². The Morgan fingerprint density at radius 3 is 2.50 bits per heavy atom. The molecule has 1 saturated heterocycles. The summed E-state index contributed by atoms with van der Waals surface area (Å²) in [5.74, 6) is -0.0791. The molecule has 0 aliphatic carbocycles. The number of nitrogens with zero attached hydrogens (tertiary/aromatic N) is 6. The zero-order valence-electron chi connectivity index (χ0n) is 23.8. The quantitative estimate of drug-likeness (QED) is 0.246. The number of hydrogen-bond donors (Lipinski definition) is 1. The predicted octanol–water partition coefficient (Wildman–Crippen LogP) is 5.85. The zero-order chi connectivity index (χ0) is 29.6. The van der Waals surface area contributed by atoms with Gasteiger partial charge in [-0.1, -0.05) is 41.4 Å². The van der Waals surface area contributed by atoms with Crippen LogP contribution in [0.1, 0.15) is 47.7 Å². The van der Waals surface area contributed by atoms with Crippen molar-refractivity contribution in [2.45, 2.75) is 38.7 Å². The number of aliphatic hydroxyl groups is 1. The van der Waals surface area contributed by atoms with E-state index in [1.807, 2.05) is 72.1 Å².